The first-order valence-corrected chi connectivity index (χ1v) is 13.8. The average Bonchev–Trinajstić information content (AvgIpc) is 3.32. The Kier molecular flexibility index (Phi) is 22.5. The van der Waals surface area contributed by atoms with Crippen LogP contribution in [0.1, 0.15) is 73.6 Å². The number of aldehydes is 1. The lowest BCUT2D eigenvalue weighted by Gasteiger charge is -2.19. The smallest absolute Gasteiger partial charge is 0.315 e. The van der Waals surface area contributed by atoms with Crippen molar-refractivity contribution in [3.63, 3.8) is 0 Å². The number of hydrogen-bond donors (Lipinski definition) is 4. The standard InChI is InChI=1S/C12H17Cl2N3O.C9H10O.C6H11N.C2H6.C2H2/c1-3-16-7-11(17-12(18)15-2)8-4-5-9(13)10(14)6-8;1-7-3-8(2)5-9(4-7)6-10;1-5-3-4-6(2)7-5;2*1-2/h4-6,11,16H,3,7H2,1-2H3,(H2,15,17,18);3-6H,1-2H3;6-7H,1,3-4H2,2H3;1-2H3;1-2H/t11-;;6-;;/m0.1../s1. The molecule has 2 aromatic rings. The average molecular weight is 578 g/mol. The quantitative estimate of drug-likeness (QED) is 0.216. The van der Waals surface area contributed by atoms with E-state index in [1.54, 1.807) is 19.2 Å². The number of urea groups is 1. The monoisotopic (exact) mass is 576 g/mol. The van der Waals surface area contributed by atoms with Gasteiger partial charge in [0.1, 0.15) is 6.29 Å². The molecule has 0 unspecified atom stereocenters. The zero-order chi connectivity index (χ0) is 30.4. The molecule has 0 saturated carbocycles. The number of aryl methyl sites for hydroxylation is 2. The van der Waals surface area contributed by atoms with E-state index in [1.165, 1.54) is 18.5 Å². The van der Waals surface area contributed by atoms with Crippen LogP contribution in [0.2, 0.25) is 10.0 Å². The van der Waals surface area contributed by atoms with E-state index in [9.17, 15) is 9.59 Å². The van der Waals surface area contributed by atoms with Gasteiger partial charge in [-0.3, -0.25) is 4.79 Å². The zero-order valence-electron chi connectivity index (χ0n) is 24.5. The second-order valence-corrected chi connectivity index (χ2v) is 9.30. The van der Waals surface area contributed by atoms with E-state index in [0.29, 0.717) is 22.6 Å². The molecule has 0 aliphatic carbocycles. The lowest BCUT2D eigenvalue weighted by molar-refractivity contribution is 0.112. The van der Waals surface area contributed by atoms with Gasteiger partial charge in [0, 0.05) is 30.9 Å². The van der Waals surface area contributed by atoms with Crippen LogP contribution in [0.25, 0.3) is 0 Å². The summed E-state index contributed by atoms with van der Waals surface area (Å²) in [5, 5.41) is 12.8. The van der Waals surface area contributed by atoms with Gasteiger partial charge in [0.15, 0.2) is 0 Å². The maximum atomic E-state index is 11.4. The fourth-order valence-corrected chi connectivity index (χ4v) is 3.77. The highest BCUT2D eigenvalue weighted by atomic mass is 35.5. The summed E-state index contributed by atoms with van der Waals surface area (Å²) >= 11 is 11.9. The maximum Gasteiger partial charge on any atom is 0.315 e. The highest BCUT2D eigenvalue weighted by Crippen LogP contribution is 2.25. The molecule has 1 fully saturated rings. The summed E-state index contributed by atoms with van der Waals surface area (Å²) in [5.41, 5.74) is 5.16. The van der Waals surface area contributed by atoms with E-state index in [4.69, 9.17) is 23.2 Å². The minimum atomic E-state index is -0.232. The van der Waals surface area contributed by atoms with Crippen molar-refractivity contribution in [2.45, 2.75) is 66.5 Å². The minimum absolute atomic E-state index is 0.153. The molecular formula is C31H46Cl2N4O2. The summed E-state index contributed by atoms with van der Waals surface area (Å²) in [7, 11) is 1.58. The van der Waals surface area contributed by atoms with Crippen LogP contribution in [0, 0.1) is 26.7 Å². The van der Waals surface area contributed by atoms with Gasteiger partial charge in [-0.2, -0.15) is 0 Å². The van der Waals surface area contributed by atoms with Gasteiger partial charge in [-0.05, 0) is 70.0 Å². The van der Waals surface area contributed by atoms with Crippen LogP contribution in [-0.4, -0.2) is 38.5 Å². The number of carbonyl (C=O) groups excluding carboxylic acids is 2. The number of halogens is 2. The molecule has 0 bridgehead atoms. The molecule has 1 heterocycles. The van der Waals surface area contributed by atoms with Crippen molar-refractivity contribution in [1.29, 1.82) is 0 Å². The Labute approximate surface area is 246 Å². The zero-order valence-corrected chi connectivity index (χ0v) is 26.0. The predicted octanol–water partition coefficient (Wildman–Crippen LogP) is 7.24. The summed E-state index contributed by atoms with van der Waals surface area (Å²) in [6.45, 7) is 17.4. The lowest BCUT2D eigenvalue weighted by Crippen LogP contribution is -2.40. The lowest BCUT2D eigenvalue weighted by atomic mass is 10.1. The van der Waals surface area contributed by atoms with Crippen LogP contribution in [0.15, 0.2) is 48.7 Å². The number of likely N-dealkylation sites (N-methyl/N-ethyl adjacent to an activating group) is 1. The summed E-state index contributed by atoms with van der Waals surface area (Å²) in [6.07, 6.45) is 11.3. The van der Waals surface area contributed by atoms with Crippen molar-refractivity contribution in [1.82, 2.24) is 21.3 Å². The number of hydrogen-bond acceptors (Lipinski definition) is 4. The van der Waals surface area contributed by atoms with Crippen LogP contribution >= 0.6 is 23.2 Å². The highest BCUT2D eigenvalue weighted by molar-refractivity contribution is 6.42. The fraction of sp³-hybridized carbons (Fsp3) is 0.419. The number of terminal acetylenes is 1. The van der Waals surface area contributed by atoms with Crippen molar-refractivity contribution >= 4 is 35.5 Å². The third-order valence-electron chi connectivity index (χ3n) is 5.19. The van der Waals surface area contributed by atoms with Crippen LogP contribution in [0.5, 0.6) is 0 Å². The molecule has 4 N–H and O–H groups in total. The Morgan fingerprint density at radius 2 is 1.72 bits per heavy atom. The Morgan fingerprint density at radius 3 is 2.10 bits per heavy atom. The molecule has 2 atom stereocenters. The van der Waals surface area contributed by atoms with Crippen molar-refractivity contribution in [2.75, 3.05) is 20.1 Å². The van der Waals surface area contributed by atoms with Crippen LogP contribution in [-0.2, 0) is 0 Å². The third kappa shape index (κ3) is 17.3. The predicted molar refractivity (Wildman–Crippen MR) is 169 cm³/mol. The molecule has 1 aliphatic heterocycles. The molecule has 3 rings (SSSR count). The van der Waals surface area contributed by atoms with E-state index in [2.05, 4.69) is 47.6 Å². The van der Waals surface area contributed by atoms with E-state index < -0.39 is 0 Å². The first kappa shape index (κ1) is 38.2. The van der Waals surface area contributed by atoms with Crippen molar-refractivity contribution < 1.29 is 9.59 Å². The normalized spacial score (nSPS) is 13.6. The topological polar surface area (TPSA) is 82.3 Å². The molecule has 2 aromatic carbocycles. The Balaban J connectivity index is 0. The maximum absolute atomic E-state index is 11.4. The first-order chi connectivity index (χ1) is 18.6. The Hall–Kier alpha value is -2.98. The summed E-state index contributed by atoms with van der Waals surface area (Å²) < 4.78 is 0. The number of allylic oxidation sites excluding steroid dienone is 1. The first-order valence-electron chi connectivity index (χ1n) is 13.0. The van der Waals surface area contributed by atoms with E-state index in [-0.39, 0.29) is 12.1 Å². The summed E-state index contributed by atoms with van der Waals surface area (Å²) in [6, 6.07) is 11.4. The number of nitrogens with one attached hydrogen (secondary N) is 4. The number of carbonyl (C=O) groups is 2. The van der Waals surface area contributed by atoms with Gasteiger partial charge in [-0.1, -0.05) is 73.8 Å². The molecule has 6 nitrogen and oxygen atoms in total. The van der Waals surface area contributed by atoms with Crippen LogP contribution in [0.4, 0.5) is 4.79 Å². The minimum Gasteiger partial charge on any atom is -0.386 e. The molecule has 0 spiro atoms. The second kappa shape index (κ2) is 23.0. The molecule has 8 heteroatoms. The fourth-order valence-electron chi connectivity index (χ4n) is 3.46. The molecule has 0 radical (unpaired) electrons. The highest BCUT2D eigenvalue weighted by Gasteiger charge is 2.14. The molecule has 2 amide bonds. The van der Waals surface area contributed by atoms with Gasteiger partial charge in [-0.15, -0.1) is 12.8 Å². The van der Waals surface area contributed by atoms with Crippen molar-refractivity contribution in [2.24, 2.45) is 0 Å². The number of amides is 2. The Bertz CT molecular complexity index is 1000. The molecule has 216 valence electrons. The molecule has 1 aliphatic rings. The molecular weight excluding hydrogens is 531 g/mol. The van der Waals surface area contributed by atoms with Gasteiger partial charge < -0.3 is 21.3 Å². The van der Waals surface area contributed by atoms with Gasteiger partial charge in [0.05, 0.1) is 16.1 Å². The van der Waals surface area contributed by atoms with E-state index in [1.807, 2.05) is 58.9 Å². The number of benzene rings is 2. The van der Waals surface area contributed by atoms with Gasteiger partial charge >= 0.3 is 6.03 Å². The van der Waals surface area contributed by atoms with Crippen LogP contribution in [0.3, 0.4) is 0 Å². The summed E-state index contributed by atoms with van der Waals surface area (Å²) in [5.74, 6) is 0. The summed E-state index contributed by atoms with van der Waals surface area (Å²) in [4.78, 5) is 21.7. The van der Waals surface area contributed by atoms with Gasteiger partial charge in [0.2, 0.25) is 0 Å². The molecule has 39 heavy (non-hydrogen) atoms. The largest absolute Gasteiger partial charge is 0.386 e. The van der Waals surface area contributed by atoms with Gasteiger partial charge in [-0.25, -0.2) is 4.79 Å². The third-order valence-corrected chi connectivity index (χ3v) is 5.93. The van der Waals surface area contributed by atoms with Crippen molar-refractivity contribution in [3.8, 4) is 12.8 Å². The van der Waals surface area contributed by atoms with Gasteiger partial charge in [0.25, 0.3) is 0 Å². The van der Waals surface area contributed by atoms with E-state index >= 15 is 0 Å². The second-order valence-electron chi connectivity index (χ2n) is 8.48. The number of rotatable bonds is 6. The molecule has 1 saturated heterocycles. The van der Waals surface area contributed by atoms with Crippen LogP contribution < -0.4 is 21.3 Å². The molecule has 0 aromatic heterocycles. The van der Waals surface area contributed by atoms with Crippen molar-refractivity contribution in [3.05, 3.63) is 81.0 Å². The Morgan fingerprint density at radius 1 is 1.13 bits per heavy atom. The SMILES string of the molecule is C#C.C=C1CC[C@@H](C)N1.CC.CCNC[C@H](NC(=O)NC)c1ccc(Cl)c(Cl)c1.Cc1cc(C)cc(C=O)c1. The van der Waals surface area contributed by atoms with E-state index in [0.717, 1.165) is 35.1 Å².